The van der Waals surface area contributed by atoms with Crippen molar-refractivity contribution >= 4 is 17.2 Å². The first kappa shape index (κ1) is 19.3. The Bertz CT molecular complexity index is 1050. The van der Waals surface area contributed by atoms with Gasteiger partial charge in [0.2, 0.25) is 0 Å². The number of H-pyrrole nitrogens is 1. The van der Waals surface area contributed by atoms with Gasteiger partial charge in [-0.05, 0) is 43.4 Å². The van der Waals surface area contributed by atoms with Crippen LogP contribution in [0.1, 0.15) is 41.7 Å². The maximum Gasteiger partial charge on any atom is 0.254 e. The quantitative estimate of drug-likeness (QED) is 0.669. The molecule has 5 rings (SSSR count). The summed E-state index contributed by atoms with van der Waals surface area (Å²) < 4.78 is 5.45. The molecule has 0 spiro atoms. The van der Waals surface area contributed by atoms with Gasteiger partial charge in [-0.3, -0.25) is 14.9 Å². The number of aliphatic hydroxyl groups is 1. The van der Waals surface area contributed by atoms with Crippen molar-refractivity contribution < 1.29 is 14.6 Å². The average molecular weight is 425 g/mol. The van der Waals surface area contributed by atoms with Crippen LogP contribution in [-0.2, 0) is 5.60 Å². The highest BCUT2D eigenvalue weighted by molar-refractivity contribution is 7.13. The van der Waals surface area contributed by atoms with Crippen LogP contribution in [0.5, 0.6) is 5.75 Å². The maximum atomic E-state index is 13.4. The van der Waals surface area contributed by atoms with E-state index in [0.717, 1.165) is 23.3 Å². The lowest BCUT2D eigenvalue weighted by molar-refractivity contribution is 0.0272. The first-order valence-electron chi connectivity index (χ1n) is 10.2. The van der Waals surface area contributed by atoms with Gasteiger partial charge in [0.15, 0.2) is 0 Å². The number of ether oxygens (including phenoxy) is 1. The molecular formula is C22H24N4O3S. The van der Waals surface area contributed by atoms with Gasteiger partial charge < -0.3 is 14.7 Å². The fourth-order valence-corrected chi connectivity index (χ4v) is 5.88. The van der Waals surface area contributed by atoms with Crippen LogP contribution in [0, 0.1) is 5.92 Å². The first-order valence-corrected chi connectivity index (χ1v) is 11.1. The number of aromatic amines is 1. The summed E-state index contributed by atoms with van der Waals surface area (Å²) >= 11 is 1.54. The molecule has 2 fully saturated rings. The predicted octanol–water partition coefficient (Wildman–Crippen LogP) is 3.44. The Hall–Kier alpha value is -2.71. The van der Waals surface area contributed by atoms with Crippen molar-refractivity contribution in [2.75, 3.05) is 13.7 Å². The van der Waals surface area contributed by atoms with Crippen molar-refractivity contribution in [1.29, 1.82) is 0 Å². The first-order chi connectivity index (χ1) is 14.6. The van der Waals surface area contributed by atoms with E-state index in [1.54, 1.807) is 36.9 Å². The molecule has 4 heterocycles. The lowest BCUT2D eigenvalue weighted by Gasteiger charge is -2.37. The largest absolute Gasteiger partial charge is 0.495 e. The van der Waals surface area contributed by atoms with E-state index in [1.807, 2.05) is 28.6 Å². The molecule has 2 aliphatic rings. The number of rotatable bonds is 4. The molecular weight excluding hydrogens is 400 g/mol. The number of nitrogens with zero attached hydrogens (tertiary/aromatic N) is 3. The number of hydrogen-bond donors (Lipinski definition) is 2. The number of methoxy groups -OCH3 is 1. The van der Waals surface area contributed by atoms with Crippen LogP contribution in [0.2, 0.25) is 0 Å². The number of aromatic nitrogens is 3. The number of fused-ring (bicyclic) bond motifs is 1. The van der Waals surface area contributed by atoms with E-state index in [-0.39, 0.29) is 17.9 Å². The summed E-state index contributed by atoms with van der Waals surface area (Å²) in [5.74, 6) is 0.887. The standard InChI is InChI=1S/C22H24N4O3S/c1-29-18-5-2-6-23-20(18)22(28)9-14-4-3-7-26(17(14)10-22)21(27)15-8-19(30-13-15)16-11-24-25-12-16/h2,5-6,8,11-14,17,28H,3-4,7,9-10H2,1H3,(H,24,25). The second-order valence-corrected chi connectivity index (χ2v) is 9.06. The fraction of sp³-hybridized carbons (Fsp3) is 0.409. The Morgan fingerprint density at radius 1 is 1.43 bits per heavy atom. The van der Waals surface area contributed by atoms with Gasteiger partial charge >= 0.3 is 0 Å². The molecule has 3 unspecified atom stereocenters. The summed E-state index contributed by atoms with van der Waals surface area (Å²) in [6.07, 6.45) is 8.30. The molecule has 2 N–H and O–H groups in total. The molecule has 156 valence electrons. The van der Waals surface area contributed by atoms with E-state index in [1.165, 1.54) is 0 Å². The molecule has 8 heteroatoms. The minimum atomic E-state index is -1.08. The highest BCUT2D eigenvalue weighted by Gasteiger charge is 2.51. The summed E-state index contributed by atoms with van der Waals surface area (Å²) in [5.41, 5.74) is 1.17. The van der Waals surface area contributed by atoms with Crippen molar-refractivity contribution in [1.82, 2.24) is 20.1 Å². The van der Waals surface area contributed by atoms with Gasteiger partial charge in [-0.1, -0.05) is 0 Å². The van der Waals surface area contributed by atoms with Crippen LogP contribution in [-0.4, -0.2) is 50.8 Å². The molecule has 1 aliphatic heterocycles. The van der Waals surface area contributed by atoms with Crippen molar-refractivity contribution in [3.63, 3.8) is 0 Å². The van der Waals surface area contributed by atoms with E-state index in [9.17, 15) is 9.90 Å². The minimum absolute atomic E-state index is 0.000220. The Morgan fingerprint density at radius 3 is 3.13 bits per heavy atom. The summed E-state index contributed by atoms with van der Waals surface area (Å²) in [6.45, 7) is 0.715. The number of nitrogens with one attached hydrogen (secondary N) is 1. The van der Waals surface area contributed by atoms with Crippen molar-refractivity contribution in [2.24, 2.45) is 5.92 Å². The third-order valence-electron chi connectivity index (χ3n) is 6.39. The highest BCUT2D eigenvalue weighted by atomic mass is 32.1. The fourth-order valence-electron chi connectivity index (χ4n) is 5.02. The number of carbonyl (C=O) groups excluding carboxylic acids is 1. The monoisotopic (exact) mass is 424 g/mol. The van der Waals surface area contributed by atoms with Gasteiger partial charge in [-0.25, -0.2) is 0 Å². The number of likely N-dealkylation sites (tertiary alicyclic amines) is 1. The summed E-state index contributed by atoms with van der Waals surface area (Å²) in [7, 11) is 1.59. The zero-order chi connectivity index (χ0) is 20.7. The van der Waals surface area contributed by atoms with Crippen LogP contribution in [0.25, 0.3) is 10.4 Å². The number of thiophene rings is 1. The number of carbonyl (C=O) groups is 1. The maximum absolute atomic E-state index is 13.4. The zero-order valence-corrected chi connectivity index (χ0v) is 17.6. The Labute approximate surface area is 178 Å². The van der Waals surface area contributed by atoms with Gasteiger partial charge in [0.25, 0.3) is 5.91 Å². The van der Waals surface area contributed by atoms with E-state index >= 15 is 0 Å². The van der Waals surface area contributed by atoms with Crippen LogP contribution < -0.4 is 4.74 Å². The third-order valence-corrected chi connectivity index (χ3v) is 7.37. The molecule has 0 aromatic carbocycles. The lowest BCUT2D eigenvalue weighted by atomic mass is 9.90. The van der Waals surface area contributed by atoms with Gasteiger partial charge in [0, 0.05) is 47.2 Å². The van der Waals surface area contributed by atoms with E-state index < -0.39 is 5.60 Å². The molecule has 3 atom stereocenters. The minimum Gasteiger partial charge on any atom is -0.495 e. The Morgan fingerprint density at radius 2 is 2.33 bits per heavy atom. The molecule has 0 radical (unpaired) electrons. The number of hydrogen-bond acceptors (Lipinski definition) is 6. The molecule has 1 saturated carbocycles. The molecule has 30 heavy (non-hydrogen) atoms. The highest BCUT2D eigenvalue weighted by Crippen LogP contribution is 2.49. The molecule has 1 aliphatic carbocycles. The van der Waals surface area contributed by atoms with Gasteiger partial charge in [-0.2, -0.15) is 5.10 Å². The predicted molar refractivity (Wildman–Crippen MR) is 113 cm³/mol. The molecule has 1 saturated heterocycles. The van der Waals surface area contributed by atoms with E-state index in [2.05, 4.69) is 15.2 Å². The summed E-state index contributed by atoms with van der Waals surface area (Å²) in [5, 5.41) is 20.2. The molecule has 3 aromatic heterocycles. The van der Waals surface area contributed by atoms with E-state index in [0.29, 0.717) is 36.4 Å². The van der Waals surface area contributed by atoms with Gasteiger partial charge in [0.1, 0.15) is 17.0 Å². The van der Waals surface area contributed by atoms with Crippen LogP contribution in [0.15, 0.2) is 42.2 Å². The van der Waals surface area contributed by atoms with Crippen LogP contribution >= 0.6 is 11.3 Å². The number of pyridine rings is 1. The Balaban J connectivity index is 1.41. The van der Waals surface area contributed by atoms with Crippen molar-refractivity contribution in [2.45, 2.75) is 37.3 Å². The summed E-state index contributed by atoms with van der Waals surface area (Å²) in [4.78, 5) is 20.8. The molecule has 7 nitrogen and oxygen atoms in total. The topological polar surface area (TPSA) is 91.3 Å². The molecule has 1 amide bonds. The van der Waals surface area contributed by atoms with Crippen LogP contribution in [0.4, 0.5) is 0 Å². The summed E-state index contributed by atoms with van der Waals surface area (Å²) in [6, 6.07) is 5.57. The average Bonchev–Trinajstić information content (AvgIpc) is 3.51. The van der Waals surface area contributed by atoms with Gasteiger partial charge in [-0.15, -0.1) is 11.3 Å². The normalized spacial score (nSPS) is 25.9. The Kier molecular flexibility index (Phi) is 4.83. The molecule has 0 bridgehead atoms. The smallest absolute Gasteiger partial charge is 0.254 e. The third kappa shape index (κ3) is 3.20. The van der Waals surface area contributed by atoms with Gasteiger partial charge in [0.05, 0.1) is 18.9 Å². The number of amides is 1. The SMILES string of the molecule is COc1cccnc1C1(O)CC2CCCN(C(=O)c3csc(-c4cn[nH]c4)c3)C2C1. The number of piperidine rings is 1. The molecule has 3 aromatic rings. The zero-order valence-electron chi connectivity index (χ0n) is 16.7. The van der Waals surface area contributed by atoms with Crippen molar-refractivity contribution in [3.05, 3.63) is 53.4 Å². The second kappa shape index (κ2) is 7.52. The van der Waals surface area contributed by atoms with Crippen molar-refractivity contribution in [3.8, 4) is 16.2 Å². The second-order valence-electron chi connectivity index (χ2n) is 8.15. The van der Waals surface area contributed by atoms with E-state index in [4.69, 9.17) is 4.74 Å². The lowest BCUT2D eigenvalue weighted by Crippen LogP contribution is -2.46. The van der Waals surface area contributed by atoms with Crippen LogP contribution in [0.3, 0.4) is 0 Å².